The van der Waals surface area contributed by atoms with Gasteiger partial charge in [0.05, 0.1) is 17.1 Å². The number of anilines is 2. The van der Waals surface area contributed by atoms with E-state index in [-0.39, 0.29) is 18.3 Å². The summed E-state index contributed by atoms with van der Waals surface area (Å²) in [6, 6.07) is 12.9. The highest BCUT2D eigenvalue weighted by Crippen LogP contribution is 2.38. The zero-order chi connectivity index (χ0) is 21.5. The lowest BCUT2D eigenvalue weighted by atomic mass is 10.1. The maximum absolute atomic E-state index is 12.6. The molecule has 0 saturated carbocycles. The normalized spacial score (nSPS) is 13.7. The van der Waals surface area contributed by atoms with Crippen molar-refractivity contribution in [1.29, 1.82) is 0 Å². The third-order valence-electron chi connectivity index (χ3n) is 4.97. The van der Waals surface area contributed by atoms with E-state index in [0.717, 1.165) is 21.6 Å². The van der Waals surface area contributed by atoms with E-state index in [4.69, 9.17) is 4.74 Å². The van der Waals surface area contributed by atoms with Gasteiger partial charge in [-0.1, -0.05) is 24.3 Å². The second-order valence-electron chi connectivity index (χ2n) is 7.14. The molecule has 0 radical (unpaired) electrons. The number of ether oxygens (including phenoxy) is 1. The van der Waals surface area contributed by atoms with Gasteiger partial charge in [0.2, 0.25) is 10.0 Å². The Morgan fingerprint density at radius 2 is 1.97 bits per heavy atom. The highest BCUT2D eigenvalue weighted by atomic mass is 32.2. The molecule has 7 nitrogen and oxygen atoms in total. The Morgan fingerprint density at radius 1 is 1.20 bits per heavy atom. The van der Waals surface area contributed by atoms with Crippen LogP contribution in [-0.2, 0) is 20.6 Å². The number of nitrogens with zero attached hydrogens (tertiary/aromatic N) is 2. The molecular weight excluding hydrogens is 422 g/mol. The number of carbonyl (C=O) groups is 1. The molecule has 0 atom stereocenters. The molecule has 1 aliphatic rings. The zero-order valence-corrected chi connectivity index (χ0v) is 18.4. The molecule has 2 heterocycles. The number of carbonyl (C=O) groups excluding carboxylic acids is 1. The van der Waals surface area contributed by atoms with Gasteiger partial charge in [-0.15, -0.1) is 11.3 Å². The number of aromatic nitrogens is 1. The summed E-state index contributed by atoms with van der Waals surface area (Å²) >= 11 is 1.28. The monoisotopic (exact) mass is 443 g/mol. The van der Waals surface area contributed by atoms with Gasteiger partial charge in [-0.25, -0.2) is 13.4 Å². The van der Waals surface area contributed by atoms with E-state index < -0.39 is 10.0 Å². The fraction of sp³-hybridized carbons (Fsp3) is 0.238. The predicted octanol–water partition coefficient (Wildman–Crippen LogP) is 3.72. The van der Waals surface area contributed by atoms with Crippen molar-refractivity contribution in [3.05, 3.63) is 58.5 Å². The number of rotatable bonds is 5. The van der Waals surface area contributed by atoms with E-state index >= 15 is 0 Å². The van der Waals surface area contributed by atoms with Crippen molar-refractivity contribution in [1.82, 2.24) is 4.98 Å². The summed E-state index contributed by atoms with van der Waals surface area (Å²) in [4.78, 5) is 18.8. The van der Waals surface area contributed by atoms with Gasteiger partial charge in [-0.2, -0.15) is 0 Å². The van der Waals surface area contributed by atoms with Crippen LogP contribution in [0.2, 0.25) is 0 Å². The molecule has 30 heavy (non-hydrogen) atoms. The summed E-state index contributed by atoms with van der Waals surface area (Å²) in [5.41, 5.74) is 3.80. The standard InChI is InChI=1S/C21H21N3O4S2/c1-13-6-4-5-7-16(13)12-30(26,27)23-21-22-20(14(2)29-21)15-8-9-18-17(10-15)24(3)19(25)11-28-18/h4-10H,11-12H2,1-3H3,(H,22,23). The minimum atomic E-state index is -3.60. The minimum absolute atomic E-state index is 0.0192. The molecule has 0 spiro atoms. The number of amides is 1. The van der Waals surface area contributed by atoms with E-state index in [2.05, 4.69) is 9.71 Å². The number of fused-ring (bicyclic) bond motifs is 1. The molecule has 4 rings (SSSR count). The number of nitrogens with one attached hydrogen (secondary N) is 1. The largest absolute Gasteiger partial charge is 0.482 e. The number of thiazole rings is 1. The molecule has 0 fully saturated rings. The van der Waals surface area contributed by atoms with E-state index in [1.807, 2.05) is 44.2 Å². The Bertz CT molecular complexity index is 1230. The number of hydrogen-bond acceptors (Lipinski definition) is 6. The van der Waals surface area contributed by atoms with Crippen molar-refractivity contribution in [2.45, 2.75) is 19.6 Å². The first-order valence-corrected chi connectivity index (χ1v) is 11.8. The van der Waals surface area contributed by atoms with Gasteiger partial charge in [-0.05, 0) is 43.2 Å². The topological polar surface area (TPSA) is 88.6 Å². The highest BCUT2D eigenvalue weighted by Gasteiger charge is 2.24. The lowest BCUT2D eigenvalue weighted by Gasteiger charge is -2.26. The van der Waals surface area contributed by atoms with Crippen LogP contribution in [0.25, 0.3) is 11.3 Å². The van der Waals surface area contributed by atoms with Crippen molar-refractivity contribution in [3.63, 3.8) is 0 Å². The van der Waals surface area contributed by atoms with Crippen LogP contribution >= 0.6 is 11.3 Å². The molecule has 9 heteroatoms. The van der Waals surface area contributed by atoms with E-state index in [0.29, 0.717) is 22.3 Å². The van der Waals surface area contributed by atoms with Crippen LogP contribution in [0.4, 0.5) is 10.8 Å². The minimum Gasteiger partial charge on any atom is -0.482 e. The number of likely N-dealkylation sites (N-methyl/N-ethyl adjacent to an activating group) is 1. The predicted molar refractivity (Wildman–Crippen MR) is 119 cm³/mol. The van der Waals surface area contributed by atoms with Gasteiger partial charge in [-0.3, -0.25) is 9.52 Å². The SMILES string of the molecule is Cc1ccccc1CS(=O)(=O)Nc1nc(-c2ccc3c(c2)N(C)C(=O)CO3)c(C)s1. The highest BCUT2D eigenvalue weighted by molar-refractivity contribution is 7.92. The number of aryl methyl sites for hydroxylation is 2. The molecule has 3 aromatic rings. The molecule has 0 unspecified atom stereocenters. The molecule has 1 aromatic heterocycles. The van der Waals surface area contributed by atoms with Crippen LogP contribution in [-0.4, -0.2) is 33.0 Å². The summed E-state index contributed by atoms with van der Waals surface area (Å²) in [6.07, 6.45) is 0. The number of sulfonamides is 1. The smallest absolute Gasteiger partial charge is 0.264 e. The van der Waals surface area contributed by atoms with Crippen LogP contribution in [0.1, 0.15) is 16.0 Å². The Labute approximate surface area is 179 Å². The molecule has 0 bridgehead atoms. The molecule has 1 amide bonds. The molecular formula is C21H21N3O4S2. The van der Waals surface area contributed by atoms with Gasteiger partial charge in [0.1, 0.15) is 5.75 Å². The van der Waals surface area contributed by atoms with Crippen LogP contribution in [0.15, 0.2) is 42.5 Å². The quantitative estimate of drug-likeness (QED) is 0.649. The van der Waals surface area contributed by atoms with E-state index in [9.17, 15) is 13.2 Å². The van der Waals surface area contributed by atoms with Gasteiger partial charge in [0, 0.05) is 17.5 Å². The molecule has 1 aliphatic heterocycles. The number of benzene rings is 2. The molecule has 1 N–H and O–H groups in total. The Morgan fingerprint density at radius 3 is 2.73 bits per heavy atom. The Hall–Kier alpha value is -2.91. The van der Waals surface area contributed by atoms with E-state index in [1.54, 1.807) is 24.1 Å². The summed E-state index contributed by atoms with van der Waals surface area (Å²) in [6.45, 7) is 3.79. The average molecular weight is 444 g/mol. The zero-order valence-electron chi connectivity index (χ0n) is 16.8. The third-order valence-corrected chi connectivity index (χ3v) is 7.18. The lowest BCUT2D eigenvalue weighted by Crippen LogP contribution is -2.35. The molecule has 156 valence electrons. The van der Waals surface area contributed by atoms with Gasteiger partial charge in [0.25, 0.3) is 5.91 Å². The van der Waals surface area contributed by atoms with Crippen molar-refractivity contribution in [3.8, 4) is 17.0 Å². The maximum Gasteiger partial charge on any atom is 0.264 e. The van der Waals surface area contributed by atoms with Crippen molar-refractivity contribution >= 4 is 38.1 Å². The first-order chi connectivity index (χ1) is 14.2. The van der Waals surface area contributed by atoms with Crippen molar-refractivity contribution in [2.24, 2.45) is 0 Å². The second-order valence-corrected chi connectivity index (χ2v) is 10.1. The number of hydrogen-bond donors (Lipinski definition) is 1. The first-order valence-electron chi connectivity index (χ1n) is 9.30. The van der Waals surface area contributed by atoms with Crippen LogP contribution in [0.3, 0.4) is 0 Å². The Balaban J connectivity index is 1.60. The Kier molecular flexibility index (Phi) is 5.25. The summed E-state index contributed by atoms with van der Waals surface area (Å²) in [5.74, 6) is 0.392. The summed E-state index contributed by atoms with van der Waals surface area (Å²) in [7, 11) is -1.90. The van der Waals surface area contributed by atoms with Gasteiger partial charge < -0.3 is 9.64 Å². The molecule has 0 aliphatic carbocycles. The van der Waals surface area contributed by atoms with Crippen LogP contribution in [0, 0.1) is 13.8 Å². The van der Waals surface area contributed by atoms with Gasteiger partial charge in [0.15, 0.2) is 11.7 Å². The first kappa shape index (κ1) is 20.4. The maximum atomic E-state index is 12.6. The van der Waals surface area contributed by atoms with Crippen LogP contribution in [0.5, 0.6) is 5.75 Å². The second kappa shape index (κ2) is 7.73. The fourth-order valence-corrected chi connectivity index (χ4v) is 5.63. The molecule has 2 aromatic carbocycles. The van der Waals surface area contributed by atoms with Crippen molar-refractivity contribution in [2.75, 3.05) is 23.3 Å². The fourth-order valence-electron chi connectivity index (χ4n) is 3.27. The summed E-state index contributed by atoms with van der Waals surface area (Å²) in [5, 5.41) is 0.314. The van der Waals surface area contributed by atoms with E-state index in [1.165, 1.54) is 11.3 Å². The third kappa shape index (κ3) is 4.03. The lowest BCUT2D eigenvalue weighted by molar-refractivity contribution is -0.120. The summed E-state index contributed by atoms with van der Waals surface area (Å²) < 4.78 is 33.3. The average Bonchev–Trinajstić information content (AvgIpc) is 3.05. The molecule has 0 saturated heterocycles. The van der Waals surface area contributed by atoms with Gasteiger partial charge >= 0.3 is 0 Å². The van der Waals surface area contributed by atoms with Crippen LogP contribution < -0.4 is 14.4 Å². The van der Waals surface area contributed by atoms with Crippen molar-refractivity contribution < 1.29 is 17.9 Å².